The number of rotatable bonds is 7. The van der Waals surface area contributed by atoms with Gasteiger partial charge in [-0.25, -0.2) is 0 Å². The number of fused-ring (bicyclic) bond motifs is 1. The molecule has 1 aliphatic heterocycles. The van der Waals surface area contributed by atoms with E-state index in [-0.39, 0.29) is 31.6 Å². The van der Waals surface area contributed by atoms with Crippen molar-refractivity contribution in [2.75, 3.05) is 6.79 Å². The molecule has 0 saturated heterocycles. The van der Waals surface area contributed by atoms with Crippen molar-refractivity contribution in [1.29, 1.82) is 0 Å². The summed E-state index contributed by atoms with van der Waals surface area (Å²) in [5.74, 6) is 1.72. The average Bonchev–Trinajstić information content (AvgIpc) is 3.34. The van der Waals surface area contributed by atoms with E-state index in [9.17, 15) is 8.42 Å². The van der Waals surface area contributed by atoms with Crippen LogP contribution in [-0.4, -0.2) is 25.4 Å². The van der Waals surface area contributed by atoms with Gasteiger partial charge in [-0.05, 0) is 23.8 Å². The zero-order valence-corrected chi connectivity index (χ0v) is 14.9. The van der Waals surface area contributed by atoms with Crippen molar-refractivity contribution >= 4 is 10.2 Å². The molecule has 0 fully saturated rings. The number of nitrogens with zero attached hydrogens (tertiary/aromatic N) is 2. The van der Waals surface area contributed by atoms with E-state index in [0.717, 1.165) is 5.56 Å². The SMILES string of the molecule is O=S(=O)(NCc1ccccc1)NCc1noc(-c2ccc3c(c2)OCO3)n1. The molecule has 140 valence electrons. The highest BCUT2D eigenvalue weighted by Crippen LogP contribution is 2.35. The van der Waals surface area contributed by atoms with E-state index >= 15 is 0 Å². The number of hydrogen-bond donors (Lipinski definition) is 2. The van der Waals surface area contributed by atoms with Gasteiger partial charge in [-0.2, -0.15) is 22.8 Å². The first-order valence-electron chi connectivity index (χ1n) is 8.10. The molecule has 0 atom stereocenters. The van der Waals surface area contributed by atoms with Crippen LogP contribution in [0.4, 0.5) is 0 Å². The summed E-state index contributed by atoms with van der Waals surface area (Å²) in [5.41, 5.74) is 1.51. The van der Waals surface area contributed by atoms with Gasteiger partial charge < -0.3 is 14.0 Å². The molecule has 2 aromatic carbocycles. The predicted molar refractivity (Wildman–Crippen MR) is 94.9 cm³/mol. The summed E-state index contributed by atoms with van der Waals surface area (Å²) in [7, 11) is -3.70. The highest BCUT2D eigenvalue weighted by atomic mass is 32.2. The van der Waals surface area contributed by atoms with Gasteiger partial charge in [-0.15, -0.1) is 0 Å². The Balaban J connectivity index is 1.36. The van der Waals surface area contributed by atoms with Gasteiger partial charge in [0.1, 0.15) is 0 Å². The molecule has 3 aromatic rings. The fraction of sp³-hybridized carbons (Fsp3) is 0.176. The Labute approximate surface area is 155 Å². The molecule has 0 saturated carbocycles. The first kappa shape index (κ1) is 17.5. The minimum absolute atomic E-state index is 0.0990. The third-order valence-corrected chi connectivity index (χ3v) is 4.87. The van der Waals surface area contributed by atoms with Crippen LogP contribution in [0, 0.1) is 0 Å². The molecule has 2 N–H and O–H groups in total. The fourth-order valence-corrected chi connectivity index (χ4v) is 3.24. The maximum Gasteiger partial charge on any atom is 0.277 e. The van der Waals surface area contributed by atoms with Gasteiger partial charge >= 0.3 is 0 Å². The van der Waals surface area contributed by atoms with E-state index in [4.69, 9.17) is 14.0 Å². The first-order chi connectivity index (χ1) is 13.1. The Morgan fingerprint density at radius 1 is 0.963 bits per heavy atom. The maximum absolute atomic E-state index is 12.0. The van der Waals surface area contributed by atoms with Crippen molar-refractivity contribution in [3.8, 4) is 23.0 Å². The van der Waals surface area contributed by atoms with Crippen LogP contribution >= 0.6 is 0 Å². The molecule has 1 aliphatic rings. The van der Waals surface area contributed by atoms with Crippen LogP contribution in [-0.2, 0) is 23.3 Å². The van der Waals surface area contributed by atoms with Crippen molar-refractivity contribution in [2.45, 2.75) is 13.1 Å². The lowest BCUT2D eigenvalue weighted by Gasteiger charge is -2.06. The van der Waals surface area contributed by atoms with E-state index < -0.39 is 10.2 Å². The molecular formula is C17H16N4O5S. The van der Waals surface area contributed by atoms with Crippen LogP contribution < -0.4 is 18.9 Å². The molecule has 0 bridgehead atoms. The molecule has 0 radical (unpaired) electrons. The molecular weight excluding hydrogens is 372 g/mol. The molecule has 0 unspecified atom stereocenters. The van der Waals surface area contributed by atoms with Crippen molar-refractivity contribution in [1.82, 2.24) is 19.6 Å². The monoisotopic (exact) mass is 388 g/mol. The van der Waals surface area contributed by atoms with Gasteiger partial charge in [0, 0.05) is 12.1 Å². The highest BCUT2D eigenvalue weighted by Gasteiger charge is 2.17. The Morgan fingerprint density at radius 2 is 1.74 bits per heavy atom. The second kappa shape index (κ2) is 7.35. The van der Waals surface area contributed by atoms with E-state index in [0.29, 0.717) is 17.1 Å². The molecule has 2 heterocycles. The third kappa shape index (κ3) is 4.25. The Kier molecular flexibility index (Phi) is 4.75. The van der Waals surface area contributed by atoms with E-state index in [1.54, 1.807) is 18.2 Å². The molecule has 0 spiro atoms. The van der Waals surface area contributed by atoms with Crippen LogP contribution in [0.1, 0.15) is 11.4 Å². The molecule has 10 heteroatoms. The summed E-state index contributed by atoms with van der Waals surface area (Å²) in [6.07, 6.45) is 0. The smallest absolute Gasteiger partial charge is 0.277 e. The predicted octanol–water partition coefficient (Wildman–Crippen LogP) is 1.59. The summed E-state index contributed by atoms with van der Waals surface area (Å²) < 4.78 is 44.7. The van der Waals surface area contributed by atoms with Crippen LogP contribution in [0.2, 0.25) is 0 Å². The molecule has 1 aromatic heterocycles. The molecule has 0 aliphatic carbocycles. The first-order valence-corrected chi connectivity index (χ1v) is 9.58. The lowest BCUT2D eigenvalue weighted by atomic mass is 10.2. The minimum atomic E-state index is -3.70. The minimum Gasteiger partial charge on any atom is -0.454 e. The zero-order valence-electron chi connectivity index (χ0n) is 14.1. The van der Waals surface area contributed by atoms with Crippen molar-refractivity contribution < 1.29 is 22.4 Å². The summed E-state index contributed by atoms with van der Waals surface area (Å²) in [4.78, 5) is 4.20. The van der Waals surface area contributed by atoms with E-state index in [2.05, 4.69) is 19.6 Å². The normalized spacial score (nSPS) is 13.0. The average molecular weight is 388 g/mol. The van der Waals surface area contributed by atoms with E-state index in [1.807, 2.05) is 30.3 Å². The lowest BCUT2D eigenvalue weighted by molar-refractivity contribution is 0.174. The summed E-state index contributed by atoms with van der Waals surface area (Å²) in [5, 5.41) is 3.79. The van der Waals surface area contributed by atoms with Crippen LogP contribution in [0.3, 0.4) is 0 Å². The summed E-state index contributed by atoms with van der Waals surface area (Å²) >= 11 is 0. The van der Waals surface area contributed by atoms with Crippen LogP contribution in [0.5, 0.6) is 11.5 Å². The number of aromatic nitrogens is 2. The topological polar surface area (TPSA) is 116 Å². The third-order valence-electron chi connectivity index (χ3n) is 3.82. The molecule has 9 nitrogen and oxygen atoms in total. The summed E-state index contributed by atoms with van der Waals surface area (Å²) in [6.45, 7) is 0.259. The van der Waals surface area contributed by atoms with Gasteiger partial charge in [0.15, 0.2) is 17.3 Å². The molecule has 0 amide bonds. The highest BCUT2D eigenvalue weighted by molar-refractivity contribution is 7.87. The van der Waals surface area contributed by atoms with Gasteiger partial charge in [-0.1, -0.05) is 35.5 Å². The largest absolute Gasteiger partial charge is 0.454 e. The lowest BCUT2D eigenvalue weighted by Crippen LogP contribution is -2.35. The second-order valence-electron chi connectivity index (χ2n) is 5.72. The number of ether oxygens (including phenoxy) is 2. The van der Waals surface area contributed by atoms with Crippen molar-refractivity contribution in [2.24, 2.45) is 0 Å². The molecule has 4 rings (SSSR count). The number of nitrogens with one attached hydrogen (secondary N) is 2. The quantitative estimate of drug-likeness (QED) is 0.631. The maximum atomic E-state index is 12.0. The number of hydrogen-bond acceptors (Lipinski definition) is 7. The second-order valence-corrected chi connectivity index (χ2v) is 7.30. The van der Waals surface area contributed by atoms with Crippen molar-refractivity contribution in [3.63, 3.8) is 0 Å². The fourth-order valence-electron chi connectivity index (χ4n) is 2.46. The van der Waals surface area contributed by atoms with Gasteiger partial charge in [0.2, 0.25) is 6.79 Å². The Hall–Kier alpha value is -2.95. The summed E-state index contributed by atoms with van der Waals surface area (Å²) in [6, 6.07) is 14.4. The van der Waals surface area contributed by atoms with Crippen LogP contribution in [0.25, 0.3) is 11.5 Å². The molecule has 27 heavy (non-hydrogen) atoms. The van der Waals surface area contributed by atoms with Gasteiger partial charge in [0.25, 0.3) is 16.1 Å². The van der Waals surface area contributed by atoms with E-state index in [1.165, 1.54) is 0 Å². The van der Waals surface area contributed by atoms with Crippen LogP contribution in [0.15, 0.2) is 53.1 Å². The Bertz CT molecular complexity index is 1040. The standard InChI is InChI=1S/C17H16N4O5S/c22-27(23,18-9-12-4-2-1-3-5-12)19-10-16-20-17(26-21-16)13-6-7-14-15(8-13)25-11-24-14/h1-8,18-19H,9-11H2. The van der Waals surface area contributed by atoms with Gasteiger partial charge in [-0.3, -0.25) is 0 Å². The number of benzene rings is 2. The zero-order chi connectivity index (χ0) is 18.7. The van der Waals surface area contributed by atoms with Gasteiger partial charge in [0.05, 0.1) is 6.54 Å². The Morgan fingerprint density at radius 3 is 2.59 bits per heavy atom. The van der Waals surface area contributed by atoms with Crippen molar-refractivity contribution in [3.05, 3.63) is 59.9 Å².